The number of anilines is 1. The number of carbonyl (C=O) groups excluding carboxylic acids is 1. The average molecular weight is 473 g/mol. The van der Waals surface area contributed by atoms with E-state index in [0.717, 1.165) is 30.7 Å². The van der Waals surface area contributed by atoms with Gasteiger partial charge in [0.2, 0.25) is 15.2 Å². The Kier molecular flexibility index (Phi) is 7.22. The van der Waals surface area contributed by atoms with Crippen LogP contribution in [0.4, 0.5) is 5.13 Å². The summed E-state index contributed by atoms with van der Waals surface area (Å²) in [4.78, 5) is 12.4. The number of hydrogen-bond acceptors (Lipinski definition) is 8. The van der Waals surface area contributed by atoms with Crippen LogP contribution in [0.15, 0.2) is 29.2 Å². The molecular formula is C18H24N4O5S3. The van der Waals surface area contributed by atoms with Crippen molar-refractivity contribution in [3.8, 4) is 0 Å². The van der Waals surface area contributed by atoms with Crippen LogP contribution in [-0.4, -0.2) is 50.5 Å². The lowest BCUT2D eigenvalue weighted by molar-refractivity contribution is 0.102. The van der Waals surface area contributed by atoms with Crippen molar-refractivity contribution < 1.29 is 21.6 Å². The van der Waals surface area contributed by atoms with Crippen molar-refractivity contribution in [3.05, 3.63) is 34.8 Å². The number of sulfone groups is 1. The molecule has 1 aromatic carbocycles. The number of benzene rings is 1. The number of carbonyl (C=O) groups is 1. The van der Waals surface area contributed by atoms with Gasteiger partial charge in [-0.05, 0) is 37.1 Å². The monoisotopic (exact) mass is 472 g/mol. The topological polar surface area (TPSA) is 135 Å². The molecule has 2 heterocycles. The highest BCUT2D eigenvalue weighted by Crippen LogP contribution is 2.20. The van der Waals surface area contributed by atoms with Crippen molar-refractivity contribution in [3.63, 3.8) is 0 Å². The van der Waals surface area contributed by atoms with Crippen LogP contribution >= 0.6 is 11.3 Å². The number of hydrogen-bond donors (Lipinski definition) is 2. The highest BCUT2D eigenvalue weighted by molar-refractivity contribution is 7.92. The van der Waals surface area contributed by atoms with Gasteiger partial charge in [0.1, 0.15) is 5.01 Å². The van der Waals surface area contributed by atoms with Crippen molar-refractivity contribution in [1.82, 2.24) is 14.9 Å². The van der Waals surface area contributed by atoms with E-state index in [1.54, 1.807) is 0 Å². The highest BCUT2D eigenvalue weighted by atomic mass is 32.2. The summed E-state index contributed by atoms with van der Waals surface area (Å²) < 4.78 is 50.4. The third kappa shape index (κ3) is 6.06. The lowest BCUT2D eigenvalue weighted by Crippen LogP contribution is -2.35. The summed E-state index contributed by atoms with van der Waals surface area (Å²) in [6.07, 6.45) is 4.33. The fourth-order valence-electron chi connectivity index (χ4n) is 3.06. The molecular weight excluding hydrogens is 448 g/mol. The minimum Gasteiger partial charge on any atom is -0.296 e. The van der Waals surface area contributed by atoms with E-state index in [9.17, 15) is 21.6 Å². The first-order valence-electron chi connectivity index (χ1n) is 9.65. The van der Waals surface area contributed by atoms with Gasteiger partial charge < -0.3 is 0 Å². The Labute approximate surface area is 180 Å². The molecule has 0 bridgehead atoms. The summed E-state index contributed by atoms with van der Waals surface area (Å²) in [6.45, 7) is 2.12. The van der Waals surface area contributed by atoms with E-state index in [1.807, 2.05) is 0 Å². The maximum Gasteiger partial charge on any atom is 0.257 e. The Morgan fingerprint density at radius 3 is 2.57 bits per heavy atom. The maximum atomic E-state index is 12.5. The summed E-state index contributed by atoms with van der Waals surface area (Å²) in [5.41, 5.74) is 0.278. The number of aryl methyl sites for hydroxylation is 1. The molecule has 2 N–H and O–H groups in total. The molecule has 30 heavy (non-hydrogen) atoms. The van der Waals surface area contributed by atoms with E-state index < -0.39 is 31.8 Å². The Bertz CT molecular complexity index is 1100. The smallest absolute Gasteiger partial charge is 0.257 e. The Morgan fingerprint density at radius 2 is 1.93 bits per heavy atom. The molecule has 0 aliphatic carbocycles. The quantitative estimate of drug-likeness (QED) is 0.533. The predicted octanol–water partition coefficient (Wildman–Crippen LogP) is 1.99. The summed E-state index contributed by atoms with van der Waals surface area (Å²) in [7, 11) is -7.06. The van der Waals surface area contributed by atoms with E-state index in [2.05, 4.69) is 27.2 Å². The molecule has 1 aliphatic heterocycles. The van der Waals surface area contributed by atoms with Crippen LogP contribution in [0.1, 0.15) is 48.0 Å². The molecule has 0 radical (unpaired) electrons. The number of aromatic nitrogens is 2. The first-order valence-corrected chi connectivity index (χ1v) is 13.8. The summed E-state index contributed by atoms with van der Waals surface area (Å²) in [5, 5.41) is 12.0. The molecule has 3 rings (SSSR count). The van der Waals surface area contributed by atoms with E-state index in [-0.39, 0.29) is 28.4 Å². The predicted molar refractivity (Wildman–Crippen MR) is 115 cm³/mol. The minimum atomic E-state index is -3.87. The van der Waals surface area contributed by atoms with Gasteiger partial charge in [-0.1, -0.05) is 31.1 Å². The Balaban J connectivity index is 1.60. The number of amides is 1. The summed E-state index contributed by atoms with van der Waals surface area (Å²) in [5.74, 6) is -0.634. The summed E-state index contributed by atoms with van der Waals surface area (Å²) >= 11 is 1.32. The lowest BCUT2D eigenvalue weighted by atomic mass is 10.2. The van der Waals surface area contributed by atoms with Crippen LogP contribution in [0.3, 0.4) is 0 Å². The van der Waals surface area contributed by atoms with E-state index in [1.165, 1.54) is 35.6 Å². The van der Waals surface area contributed by atoms with Crippen molar-refractivity contribution in [2.24, 2.45) is 0 Å². The zero-order valence-corrected chi connectivity index (χ0v) is 18.9. The number of nitrogens with one attached hydrogen (secondary N) is 2. The second-order valence-corrected chi connectivity index (χ2v) is 12.2. The third-order valence-corrected chi connectivity index (χ3v) is 8.87. The molecule has 1 fully saturated rings. The Hall–Kier alpha value is -1.89. The average Bonchev–Trinajstić information content (AvgIpc) is 3.27. The molecule has 9 nitrogen and oxygen atoms in total. The lowest BCUT2D eigenvalue weighted by Gasteiger charge is -2.12. The second-order valence-electron chi connectivity index (χ2n) is 7.16. The molecule has 1 aliphatic rings. The van der Waals surface area contributed by atoms with Crippen LogP contribution in [0, 0.1) is 0 Å². The van der Waals surface area contributed by atoms with Gasteiger partial charge >= 0.3 is 0 Å². The maximum absolute atomic E-state index is 12.5. The van der Waals surface area contributed by atoms with Gasteiger partial charge in [0.25, 0.3) is 5.91 Å². The van der Waals surface area contributed by atoms with Crippen LogP contribution in [-0.2, 0) is 26.3 Å². The van der Waals surface area contributed by atoms with Crippen LogP contribution < -0.4 is 10.0 Å². The molecule has 1 atom stereocenters. The van der Waals surface area contributed by atoms with Crippen molar-refractivity contribution in [2.45, 2.75) is 50.0 Å². The number of sulfonamides is 1. The van der Waals surface area contributed by atoms with Crippen LogP contribution in [0.25, 0.3) is 0 Å². The Morgan fingerprint density at radius 1 is 1.20 bits per heavy atom. The van der Waals surface area contributed by atoms with E-state index in [0.29, 0.717) is 5.13 Å². The van der Waals surface area contributed by atoms with Gasteiger partial charge in [0.05, 0.1) is 16.4 Å². The zero-order chi connectivity index (χ0) is 21.8. The number of nitrogens with zero attached hydrogens (tertiary/aromatic N) is 2. The molecule has 164 valence electrons. The second kappa shape index (κ2) is 9.50. The number of rotatable bonds is 9. The van der Waals surface area contributed by atoms with E-state index >= 15 is 0 Å². The minimum absolute atomic E-state index is 0.0226. The molecule has 1 aromatic heterocycles. The molecule has 1 amide bonds. The largest absolute Gasteiger partial charge is 0.296 e. The highest BCUT2D eigenvalue weighted by Gasteiger charge is 2.31. The number of unbranched alkanes of at least 4 members (excludes halogenated alkanes) is 2. The third-order valence-electron chi connectivity index (χ3n) is 4.66. The van der Waals surface area contributed by atoms with E-state index in [4.69, 9.17) is 0 Å². The van der Waals surface area contributed by atoms with Gasteiger partial charge in [-0.2, -0.15) is 0 Å². The van der Waals surface area contributed by atoms with Gasteiger partial charge in [-0.15, -0.1) is 10.2 Å². The van der Waals surface area contributed by atoms with Crippen LogP contribution in [0.5, 0.6) is 0 Å². The van der Waals surface area contributed by atoms with Gasteiger partial charge in [0.15, 0.2) is 9.84 Å². The SMILES string of the molecule is CCCCCc1nnc(NC(=O)c2ccc(S(=O)(=O)NC3CCS(=O)(=O)C3)cc2)s1. The molecule has 2 aromatic rings. The van der Waals surface area contributed by atoms with Crippen molar-refractivity contribution in [2.75, 3.05) is 16.8 Å². The summed E-state index contributed by atoms with van der Waals surface area (Å²) in [6, 6.07) is 4.80. The zero-order valence-electron chi connectivity index (χ0n) is 16.5. The molecule has 0 saturated carbocycles. The first-order chi connectivity index (χ1) is 14.2. The van der Waals surface area contributed by atoms with Gasteiger partial charge in [-0.3, -0.25) is 10.1 Å². The van der Waals surface area contributed by atoms with Gasteiger partial charge in [0, 0.05) is 18.0 Å². The molecule has 12 heteroatoms. The van der Waals surface area contributed by atoms with Crippen molar-refractivity contribution in [1.29, 1.82) is 0 Å². The normalized spacial score (nSPS) is 18.4. The molecule has 1 saturated heterocycles. The fraction of sp³-hybridized carbons (Fsp3) is 0.500. The molecule has 0 spiro atoms. The fourth-order valence-corrected chi connectivity index (χ4v) is 6.89. The first kappa shape index (κ1) is 22.8. The van der Waals surface area contributed by atoms with Gasteiger partial charge in [-0.25, -0.2) is 21.6 Å². The van der Waals surface area contributed by atoms with Crippen LogP contribution in [0.2, 0.25) is 0 Å². The standard InChI is InChI=1S/C18H24N4O5S3/c1-2-3-4-5-16-20-21-18(28-16)19-17(23)13-6-8-15(9-7-13)30(26,27)22-14-10-11-29(24,25)12-14/h6-9,14,22H,2-5,10-12H2,1H3,(H,19,21,23). The molecule has 1 unspecified atom stereocenters. The van der Waals surface area contributed by atoms with Crippen molar-refractivity contribution >= 4 is 42.2 Å².